The van der Waals surface area contributed by atoms with E-state index >= 15 is 0 Å². The second-order valence-electron chi connectivity index (χ2n) is 6.75. The molecule has 0 saturated carbocycles. The second kappa shape index (κ2) is 10.4. The van der Waals surface area contributed by atoms with Crippen LogP contribution in [0.1, 0.15) is 30.1 Å². The number of nitrogens with zero attached hydrogens (tertiary/aromatic N) is 1. The van der Waals surface area contributed by atoms with Gasteiger partial charge >= 0.3 is 0 Å². The zero-order valence-corrected chi connectivity index (χ0v) is 16.8. The van der Waals surface area contributed by atoms with Crippen LogP contribution in [0.25, 0.3) is 0 Å². The van der Waals surface area contributed by atoms with Crippen molar-refractivity contribution >= 4 is 42.2 Å². The molecule has 1 saturated heterocycles. The van der Waals surface area contributed by atoms with E-state index in [0.29, 0.717) is 23.6 Å². The van der Waals surface area contributed by atoms with Crippen molar-refractivity contribution < 1.29 is 9.18 Å². The van der Waals surface area contributed by atoms with Crippen molar-refractivity contribution in [1.82, 2.24) is 15.6 Å². The molecule has 0 bridgehead atoms. The number of aromatic nitrogens is 1. The fraction of sp³-hybridized carbons (Fsp3) is 0.368. The molecule has 0 aliphatic carbocycles. The third-order valence-corrected chi connectivity index (χ3v) is 4.67. The molecule has 8 heteroatoms. The van der Waals surface area contributed by atoms with Gasteiger partial charge in [0.15, 0.2) is 0 Å². The van der Waals surface area contributed by atoms with Gasteiger partial charge in [0.05, 0.1) is 11.3 Å². The zero-order chi connectivity index (χ0) is 17.7. The van der Waals surface area contributed by atoms with Gasteiger partial charge < -0.3 is 16.0 Å². The molecule has 0 spiro atoms. The van der Waals surface area contributed by atoms with Gasteiger partial charge in [-0.05, 0) is 55.6 Å². The van der Waals surface area contributed by atoms with E-state index in [1.54, 1.807) is 36.5 Å². The van der Waals surface area contributed by atoms with Crippen molar-refractivity contribution in [3.05, 3.63) is 54.0 Å². The number of carbonyl (C=O) groups excluding carboxylic acids is 1. The molecular formula is C19H25Cl2FN4O. The predicted octanol–water partition coefficient (Wildman–Crippen LogP) is 3.93. The van der Waals surface area contributed by atoms with Crippen LogP contribution in [0.2, 0.25) is 0 Å². The highest BCUT2D eigenvalue weighted by atomic mass is 35.5. The predicted molar refractivity (Wildman–Crippen MR) is 111 cm³/mol. The third-order valence-electron chi connectivity index (χ3n) is 4.67. The van der Waals surface area contributed by atoms with Gasteiger partial charge in [0.25, 0.3) is 5.91 Å². The first-order valence-electron chi connectivity index (χ1n) is 8.53. The SMILES string of the molecule is CC1(CNC(=O)c2cccnc2Nc2ccccc2F)CCNCC1.Cl.Cl. The standard InChI is InChI=1S/C19H23FN4O.2ClH/c1-19(8-11-21-12-9-19)13-23-18(25)14-5-4-10-22-17(14)24-16-7-3-2-6-15(16)20;;/h2-7,10,21H,8-9,11-13H2,1H3,(H,22,24)(H,23,25);2*1H. The van der Waals surface area contributed by atoms with Crippen LogP contribution in [0, 0.1) is 11.2 Å². The summed E-state index contributed by atoms with van der Waals surface area (Å²) >= 11 is 0. The van der Waals surface area contributed by atoms with Gasteiger partial charge in [-0.1, -0.05) is 19.1 Å². The Labute approximate surface area is 171 Å². The van der Waals surface area contributed by atoms with Crippen molar-refractivity contribution in [2.45, 2.75) is 19.8 Å². The minimum absolute atomic E-state index is 0. The number of hydrogen-bond donors (Lipinski definition) is 3. The number of halogens is 3. The van der Waals surface area contributed by atoms with E-state index in [4.69, 9.17) is 0 Å². The minimum Gasteiger partial charge on any atom is -0.351 e. The molecular weight excluding hydrogens is 390 g/mol. The zero-order valence-electron chi connectivity index (χ0n) is 15.1. The Balaban J connectivity index is 0.00000182. The molecule has 3 rings (SSSR count). The van der Waals surface area contributed by atoms with Crippen LogP contribution < -0.4 is 16.0 Å². The molecule has 1 aliphatic heterocycles. The minimum atomic E-state index is -0.387. The number of pyridine rings is 1. The van der Waals surface area contributed by atoms with Crippen LogP contribution >= 0.6 is 24.8 Å². The first kappa shape index (κ1) is 23.1. The first-order chi connectivity index (χ1) is 12.1. The van der Waals surface area contributed by atoms with E-state index in [2.05, 4.69) is 27.9 Å². The summed E-state index contributed by atoms with van der Waals surface area (Å²) in [6, 6.07) is 9.72. The summed E-state index contributed by atoms with van der Waals surface area (Å²) in [5.41, 5.74) is 0.797. The number of hydrogen-bond acceptors (Lipinski definition) is 4. The summed E-state index contributed by atoms with van der Waals surface area (Å²) in [4.78, 5) is 16.8. The molecule has 3 N–H and O–H groups in total. The lowest BCUT2D eigenvalue weighted by molar-refractivity contribution is 0.0923. The van der Waals surface area contributed by atoms with Crippen LogP contribution in [0.3, 0.4) is 0 Å². The Hall–Kier alpha value is -1.89. The van der Waals surface area contributed by atoms with Gasteiger partial charge in [0, 0.05) is 12.7 Å². The largest absolute Gasteiger partial charge is 0.351 e. The quantitative estimate of drug-likeness (QED) is 0.693. The number of piperidine rings is 1. The molecule has 1 aromatic carbocycles. The molecule has 27 heavy (non-hydrogen) atoms. The normalized spacial score (nSPS) is 15.0. The van der Waals surface area contributed by atoms with E-state index in [0.717, 1.165) is 25.9 Å². The molecule has 0 atom stereocenters. The van der Waals surface area contributed by atoms with Gasteiger partial charge in [-0.3, -0.25) is 4.79 Å². The Kier molecular flexibility index (Phi) is 8.96. The smallest absolute Gasteiger partial charge is 0.255 e. The van der Waals surface area contributed by atoms with Crippen molar-refractivity contribution in [2.24, 2.45) is 5.41 Å². The highest BCUT2D eigenvalue weighted by Crippen LogP contribution is 2.27. The van der Waals surface area contributed by atoms with Crippen molar-refractivity contribution in [1.29, 1.82) is 0 Å². The van der Waals surface area contributed by atoms with E-state index in [1.165, 1.54) is 6.07 Å². The summed E-state index contributed by atoms with van der Waals surface area (Å²) in [6.07, 6.45) is 3.63. The highest BCUT2D eigenvalue weighted by Gasteiger charge is 2.27. The maximum Gasteiger partial charge on any atom is 0.255 e. The average Bonchev–Trinajstić information content (AvgIpc) is 2.63. The highest BCUT2D eigenvalue weighted by molar-refractivity contribution is 5.99. The van der Waals surface area contributed by atoms with Crippen LogP contribution in [0.15, 0.2) is 42.6 Å². The molecule has 1 fully saturated rings. The molecule has 148 valence electrons. The molecule has 0 unspecified atom stereocenters. The topological polar surface area (TPSA) is 66.0 Å². The van der Waals surface area contributed by atoms with E-state index in [1.807, 2.05) is 0 Å². The molecule has 0 radical (unpaired) electrons. The second-order valence-corrected chi connectivity index (χ2v) is 6.75. The van der Waals surface area contributed by atoms with E-state index in [-0.39, 0.29) is 42.0 Å². The lowest BCUT2D eigenvalue weighted by Crippen LogP contribution is -2.43. The fourth-order valence-electron chi connectivity index (χ4n) is 2.97. The lowest BCUT2D eigenvalue weighted by Gasteiger charge is -2.34. The maximum atomic E-state index is 13.9. The number of para-hydroxylation sites is 1. The summed E-state index contributed by atoms with van der Waals surface area (Å²) in [5, 5.41) is 9.25. The average molecular weight is 415 g/mol. The molecule has 2 heterocycles. The summed E-state index contributed by atoms with van der Waals surface area (Å²) in [6.45, 7) is 4.75. The molecule has 1 aromatic heterocycles. The summed E-state index contributed by atoms with van der Waals surface area (Å²) in [7, 11) is 0. The third kappa shape index (κ3) is 6.06. The van der Waals surface area contributed by atoms with Gasteiger partial charge in [0.1, 0.15) is 11.6 Å². The van der Waals surface area contributed by atoms with E-state index < -0.39 is 0 Å². The van der Waals surface area contributed by atoms with E-state index in [9.17, 15) is 9.18 Å². The van der Waals surface area contributed by atoms with Crippen LogP contribution in [-0.4, -0.2) is 30.5 Å². The van der Waals surface area contributed by atoms with Crippen LogP contribution in [-0.2, 0) is 0 Å². The Bertz CT molecular complexity index is 754. The molecule has 1 aliphatic rings. The molecule has 5 nitrogen and oxygen atoms in total. The van der Waals surface area contributed by atoms with Crippen molar-refractivity contribution in [3.63, 3.8) is 0 Å². The van der Waals surface area contributed by atoms with Gasteiger partial charge in [0.2, 0.25) is 0 Å². The van der Waals surface area contributed by atoms with Crippen LogP contribution in [0.4, 0.5) is 15.9 Å². The molecule has 1 amide bonds. The Morgan fingerprint density at radius 3 is 2.59 bits per heavy atom. The van der Waals surface area contributed by atoms with Gasteiger partial charge in [-0.15, -0.1) is 24.8 Å². The maximum absolute atomic E-state index is 13.9. The monoisotopic (exact) mass is 414 g/mol. The summed E-state index contributed by atoms with van der Waals surface area (Å²) in [5.74, 6) is -0.242. The lowest BCUT2D eigenvalue weighted by atomic mass is 9.81. The number of rotatable bonds is 5. The summed E-state index contributed by atoms with van der Waals surface area (Å²) < 4.78 is 13.9. The Morgan fingerprint density at radius 2 is 1.89 bits per heavy atom. The fourth-order valence-corrected chi connectivity index (χ4v) is 2.97. The molecule has 2 aromatic rings. The number of benzene rings is 1. The van der Waals surface area contributed by atoms with Gasteiger partial charge in [-0.25, -0.2) is 9.37 Å². The van der Waals surface area contributed by atoms with Crippen molar-refractivity contribution in [3.8, 4) is 0 Å². The number of amides is 1. The number of nitrogens with one attached hydrogen (secondary N) is 3. The Morgan fingerprint density at radius 1 is 1.19 bits per heavy atom. The van der Waals surface area contributed by atoms with Crippen molar-refractivity contribution in [2.75, 3.05) is 25.0 Å². The number of anilines is 2. The number of carbonyl (C=O) groups is 1. The first-order valence-corrected chi connectivity index (χ1v) is 8.53. The van der Waals surface area contributed by atoms with Crippen LogP contribution in [0.5, 0.6) is 0 Å². The van der Waals surface area contributed by atoms with Gasteiger partial charge in [-0.2, -0.15) is 0 Å².